The minimum atomic E-state index is -4.48. The maximum absolute atomic E-state index is 14.4. The average Bonchev–Trinajstić information content (AvgIpc) is 2.96. The highest BCUT2D eigenvalue weighted by atomic mass is 32.2. The highest BCUT2D eigenvalue weighted by Crippen LogP contribution is 2.63. The van der Waals surface area contributed by atoms with Crippen molar-refractivity contribution in [2.45, 2.75) is 82.8 Å². The number of rotatable bonds is 5. The zero-order valence-corrected chi connectivity index (χ0v) is 28.5. The predicted molar refractivity (Wildman–Crippen MR) is 174 cm³/mol. The second kappa shape index (κ2) is 12.2. The summed E-state index contributed by atoms with van der Waals surface area (Å²) in [6.45, 7) is 6.16. The highest BCUT2D eigenvalue weighted by molar-refractivity contribution is 7.92. The molecule has 0 saturated heterocycles. The molecule has 4 bridgehead atoms. The molecule has 1 unspecified atom stereocenters. The number of nitrogens with zero attached hydrogens (tertiary/aromatic N) is 2. The van der Waals surface area contributed by atoms with Crippen LogP contribution in [-0.2, 0) is 14.8 Å². The Morgan fingerprint density at radius 3 is 2.35 bits per heavy atom. The van der Waals surface area contributed by atoms with Crippen molar-refractivity contribution in [2.24, 2.45) is 22.7 Å². The molecule has 1 amide bonds. The number of carbonyl (C=O) groups is 1. The molecule has 2 heterocycles. The fourth-order valence-electron chi connectivity index (χ4n) is 8.09. The van der Waals surface area contributed by atoms with Gasteiger partial charge in [-0.2, -0.15) is 18.2 Å². The molecule has 2 N–H and O–H groups in total. The van der Waals surface area contributed by atoms with E-state index in [1.165, 1.54) is 27.0 Å². The van der Waals surface area contributed by atoms with Crippen molar-refractivity contribution in [3.05, 3.63) is 65.2 Å². The van der Waals surface area contributed by atoms with E-state index in [0.29, 0.717) is 11.3 Å². The number of hydrogen-bond acceptors (Lipinski definition) is 7. The van der Waals surface area contributed by atoms with Crippen LogP contribution in [-0.4, -0.2) is 50.4 Å². The van der Waals surface area contributed by atoms with E-state index < -0.39 is 39.5 Å². The van der Waals surface area contributed by atoms with E-state index in [9.17, 15) is 26.4 Å². The third-order valence-electron chi connectivity index (χ3n) is 10.5. The molecule has 2 aromatic carbocycles. The predicted octanol–water partition coefficient (Wildman–Crippen LogP) is 7.55. The number of amides is 1. The number of carbonyl (C=O) groups excluding carboxylic acids is 1. The Morgan fingerprint density at radius 1 is 1.04 bits per heavy atom. The molecule has 258 valence electrons. The number of alkyl halides is 3. The number of aryl methyl sites for hydroxylation is 2. The molecule has 9 nitrogen and oxygen atoms in total. The number of alkyl carbamates (subject to hydrolysis) is 1. The van der Waals surface area contributed by atoms with Gasteiger partial charge < -0.3 is 14.8 Å². The van der Waals surface area contributed by atoms with Crippen LogP contribution in [0.1, 0.15) is 68.6 Å². The molecule has 2 atom stereocenters. The number of benzene rings is 2. The number of nitrogens with one attached hydrogen (secondary N) is 2. The summed E-state index contributed by atoms with van der Waals surface area (Å²) in [4.78, 5) is 20.6. The van der Waals surface area contributed by atoms with Crippen LogP contribution in [0.3, 0.4) is 0 Å². The standard InChI is InChI=1S/C35H41F3N4O5S/c1-20-8-6-9-21(2)29(20)27-13-28-41-31(40-27)42-48(44,45)26-11-7-10-22(12-26)30(24(19-47-28)14-33(3,4)35(36,37)38)23-15-34(16-23)17-25(18-34)39-32(43)46-5/h6-13,23-25,30H,14-19H2,1-5H3,(H,39,43)(H,40,41,42)/t23?,24-,25?,30?,34?/m1/s1. The fourth-order valence-corrected chi connectivity index (χ4v) is 9.09. The van der Waals surface area contributed by atoms with Crippen molar-refractivity contribution in [1.29, 1.82) is 0 Å². The number of ether oxygens (including phenoxy) is 2. The summed E-state index contributed by atoms with van der Waals surface area (Å²) >= 11 is 0. The van der Waals surface area contributed by atoms with Crippen LogP contribution in [0.5, 0.6) is 5.88 Å². The van der Waals surface area contributed by atoms with Crippen molar-refractivity contribution in [3.8, 4) is 17.1 Å². The van der Waals surface area contributed by atoms with Gasteiger partial charge in [0.05, 0.1) is 29.7 Å². The maximum Gasteiger partial charge on any atom is 0.407 e. The summed E-state index contributed by atoms with van der Waals surface area (Å²) in [6, 6.07) is 13.8. The van der Waals surface area contributed by atoms with Crippen LogP contribution >= 0.6 is 0 Å². The number of anilines is 1. The summed E-state index contributed by atoms with van der Waals surface area (Å²) in [6.07, 6.45) is -2.22. The first-order valence-corrected chi connectivity index (χ1v) is 17.6. The molecule has 6 rings (SSSR count). The van der Waals surface area contributed by atoms with Crippen LogP contribution in [0, 0.1) is 36.5 Å². The zero-order chi connectivity index (χ0) is 34.6. The molecular formula is C35H41F3N4O5S. The van der Waals surface area contributed by atoms with Gasteiger partial charge in [-0.3, -0.25) is 0 Å². The molecule has 2 fully saturated rings. The molecule has 13 heteroatoms. The van der Waals surface area contributed by atoms with E-state index >= 15 is 0 Å². The lowest BCUT2D eigenvalue weighted by molar-refractivity contribution is -0.219. The van der Waals surface area contributed by atoms with Crippen LogP contribution in [0.15, 0.2) is 53.4 Å². The van der Waals surface area contributed by atoms with Gasteiger partial charge in [0.2, 0.25) is 11.8 Å². The quantitative estimate of drug-likeness (QED) is 0.285. The minimum absolute atomic E-state index is 0.0180. The summed E-state index contributed by atoms with van der Waals surface area (Å²) < 4.78 is 84.3. The van der Waals surface area contributed by atoms with Crippen molar-refractivity contribution in [1.82, 2.24) is 15.3 Å². The topological polar surface area (TPSA) is 120 Å². The van der Waals surface area contributed by atoms with Gasteiger partial charge in [0.1, 0.15) is 0 Å². The number of aromatic nitrogens is 2. The van der Waals surface area contributed by atoms with Gasteiger partial charge in [-0.25, -0.2) is 22.9 Å². The molecule has 0 radical (unpaired) electrons. The molecule has 3 aromatic rings. The Hall–Kier alpha value is -3.87. The van der Waals surface area contributed by atoms with Crippen molar-refractivity contribution < 1.29 is 35.9 Å². The summed E-state index contributed by atoms with van der Waals surface area (Å²) in [7, 11) is -2.87. The first kappa shape index (κ1) is 34.0. The van der Waals surface area contributed by atoms with Gasteiger partial charge in [0, 0.05) is 23.6 Å². The van der Waals surface area contributed by atoms with Crippen LogP contribution in [0.4, 0.5) is 23.9 Å². The molecular weight excluding hydrogens is 645 g/mol. The molecule has 48 heavy (non-hydrogen) atoms. The highest BCUT2D eigenvalue weighted by Gasteiger charge is 2.57. The number of halogens is 3. The van der Waals surface area contributed by atoms with Crippen LogP contribution in [0.2, 0.25) is 0 Å². The van der Waals surface area contributed by atoms with Gasteiger partial charge in [-0.05, 0) is 92.0 Å². The van der Waals surface area contributed by atoms with Gasteiger partial charge >= 0.3 is 12.3 Å². The largest absolute Gasteiger partial charge is 0.477 e. The Kier molecular flexibility index (Phi) is 8.66. The summed E-state index contributed by atoms with van der Waals surface area (Å²) in [5.41, 5.74) is 1.61. The maximum atomic E-state index is 14.4. The number of hydrogen-bond donors (Lipinski definition) is 2. The smallest absolute Gasteiger partial charge is 0.407 e. The van der Waals surface area contributed by atoms with E-state index in [-0.39, 0.29) is 47.1 Å². The van der Waals surface area contributed by atoms with Crippen molar-refractivity contribution in [3.63, 3.8) is 0 Å². The first-order valence-electron chi connectivity index (χ1n) is 16.1. The van der Waals surface area contributed by atoms with E-state index in [4.69, 9.17) is 9.47 Å². The Morgan fingerprint density at radius 2 is 1.71 bits per heavy atom. The fraction of sp³-hybridized carbons (Fsp3) is 0.514. The monoisotopic (exact) mass is 686 g/mol. The third kappa shape index (κ3) is 6.57. The van der Waals surface area contributed by atoms with Crippen LogP contribution < -0.4 is 14.8 Å². The van der Waals surface area contributed by atoms with Crippen molar-refractivity contribution >= 4 is 22.1 Å². The average molecular weight is 687 g/mol. The van der Waals surface area contributed by atoms with Gasteiger partial charge in [-0.1, -0.05) is 44.2 Å². The van der Waals surface area contributed by atoms with Gasteiger partial charge in [0.15, 0.2) is 0 Å². The van der Waals surface area contributed by atoms with E-state index in [2.05, 4.69) is 20.0 Å². The Balaban J connectivity index is 1.41. The molecule has 2 saturated carbocycles. The number of sulfonamides is 1. The molecule has 2 aliphatic carbocycles. The SMILES string of the molecule is COC(=O)NC1CC2(C1)CC(C1c3cccc(c3)S(=O)(=O)Nc3nc(cc(-c4c(C)cccc4C)n3)OC[C@H]1CC(C)(C)C(F)(F)F)C2. The normalized spacial score (nSPS) is 26.4. The van der Waals surface area contributed by atoms with Crippen LogP contribution in [0.25, 0.3) is 11.3 Å². The summed E-state index contributed by atoms with van der Waals surface area (Å²) in [5, 5.41) is 2.83. The lowest BCUT2D eigenvalue weighted by Gasteiger charge is -2.60. The first-order chi connectivity index (χ1) is 22.5. The van der Waals surface area contributed by atoms with Crippen molar-refractivity contribution in [2.75, 3.05) is 18.4 Å². The lowest BCUT2D eigenvalue weighted by Crippen LogP contribution is -2.57. The number of methoxy groups -OCH3 is 1. The molecule has 1 aliphatic heterocycles. The minimum Gasteiger partial charge on any atom is -0.477 e. The molecule has 1 aromatic heterocycles. The van der Waals surface area contributed by atoms with Gasteiger partial charge in [0.25, 0.3) is 10.0 Å². The van der Waals surface area contributed by atoms with Gasteiger partial charge in [-0.15, -0.1) is 0 Å². The molecule has 1 spiro atoms. The Bertz CT molecular complexity index is 1800. The second-order valence-corrected chi connectivity index (χ2v) is 16.1. The number of fused-ring (bicyclic) bond motifs is 4. The summed E-state index contributed by atoms with van der Waals surface area (Å²) in [5.74, 6) is -1.22. The van der Waals surface area contributed by atoms with E-state index in [1.807, 2.05) is 32.0 Å². The van der Waals surface area contributed by atoms with E-state index in [1.54, 1.807) is 24.3 Å². The zero-order valence-electron chi connectivity index (χ0n) is 27.6. The second-order valence-electron chi connectivity index (χ2n) is 14.5. The third-order valence-corrected chi connectivity index (χ3v) is 11.8. The van der Waals surface area contributed by atoms with E-state index in [0.717, 1.165) is 42.4 Å². The molecule has 3 aliphatic rings. The lowest BCUT2D eigenvalue weighted by atomic mass is 9.46. The Labute approximate surface area is 279 Å².